The molecule has 1 fully saturated rings. The van der Waals surface area contributed by atoms with Crippen molar-refractivity contribution in [3.8, 4) is 5.75 Å². The lowest BCUT2D eigenvalue weighted by atomic mass is 9.95. The highest BCUT2D eigenvalue weighted by atomic mass is 79.9. The molecule has 8 heteroatoms. The molecule has 2 heterocycles. The SMILES string of the molecule is COc1cccc(C2/C(=C(\O)c3ccc(Br)c(C)c3)C(=O)C(=O)N2c2nc3ccc(C)cc3s2)c1. The summed E-state index contributed by atoms with van der Waals surface area (Å²) < 4.78 is 7.18. The summed E-state index contributed by atoms with van der Waals surface area (Å²) in [6.45, 7) is 3.88. The number of nitrogens with zero attached hydrogens (tertiary/aromatic N) is 2. The number of rotatable bonds is 4. The molecule has 1 amide bonds. The van der Waals surface area contributed by atoms with Gasteiger partial charge in [0.1, 0.15) is 11.5 Å². The van der Waals surface area contributed by atoms with E-state index in [-0.39, 0.29) is 11.3 Å². The van der Waals surface area contributed by atoms with Crippen LogP contribution in [0.15, 0.2) is 70.7 Å². The molecule has 1 unspecified atom stereocenters. The molecule has 5 rings (SSSR count). The van der Waals surface area contributed by atoms with E-state index in [4.69, 9.17) is 4.74 Å². The van der Waals surface area contributed by atoms with Crippen LogP contribution in [-0.2, 0) is 9.59 Å². The minimum absolute atomic E-state index is 0.0143. The topological polar surface area (TPSA) is 79.7 Å². The Morgan fingerprint density at radius 2 is 1.89 bits per heavy atom. The first-order valence-corrected chi connectivity index (χ1v) is 12.5. The Kier molecular flexibility index (Phi) is 5.94. The molecule has 1 aliphatic heterocycles. The number of aliphatic hydroxyl groups is 1. The van der Waals surface area contributed by atoms with Crippen molar-refractivity contribution in [3.05, 3.63) is 93.0 Å². The van der Waals surface area contributed by atoms with E-state index in [1.807, 2.05) is 38.1 Å². The Bertz CT molecular complexity index is 1540. The second-order valence-corrected chi connectivity index (χ2v) is 10.2. The van der Waals surface area contributed by atoms with Crippen LogP contribution in [0.3, 0.4) is 0 Å². The number of benzene rings is 3. The molecule has 6 nitrogen and oxygen atoms in total. The summed E-state index contributed by atoms with van der Waals surface area (Å²) in [5, 5.41) is 11.7. The molecule has 0 saturated carbocycles. The maximum absolute atomic E-state index is 13.4. The van der Waals surface area contributed by atoms with Gasteiger partial charge in [-0.15, -0.1) is 0 Å². The summed E-state index contributed by atoms with van der Waals surface area (Å²) in [4.78, 5) is 32.8. The Balaban J connectivity index is 1.75. The number of methoxy groups -OCH3 is 1. The molecule has 1 atom stereocenters. The molecular weight excluding hydrogens is 528 g/mol. The van der Waals surface area contributed by atoms with Crippen LogP contribution < -0.4 is 9.64 Å². The van der Waals surface area contributed by atoms with E-state index in [0.29, 0.717) is 22.0 Å². The van der Waals surface area contributed by atoms with Crippen LogP contribution in [0.4, 0.5) is 5.13 Å². The Labute approximate surface area is 214 Å². The molecule has 1 aliphatic rings. The second-order valence-electron chi connectivity index (χ2n) is 8.38. The number of carbonyl (C=O) groups is 2. The molecule has 176 valence electrons. The van der Waals surface area contributed by atoms with Crippen molar-refractivity contribution in [2.45, 2.75) is 19.9 Å². The predicted molar refractivity (Wildman–Crippen MR) is 141 cm³/mol. The molecular formula is C27H21BrN2O4S. The molecule has 1 saturated heterocycles. The monoisotopic (exact) mass is 548 g/mol. The van der Waals surface area contributed by atoms with Crippen molar-refractivity contribution in [1.82, 2.24) is 4.98 Å². The molecule has 0 bridgehead atoms. The number of amides is 1. The molecule has 0 aliphatic carbocycles. The number of Topliss-reactive ketones (excluding diaryl/α,β-unsaturated/α-hetero) is 1. The van der Waals surface area contributed by atoms with Gasteiger partial charge in [-0.25, -0.2) is 4.98 Å². The Morgan fingerprint density at radius 1 is 1.09 bits per heavy atom. The van der Waals surface area contributed by atoms with Gasteiger partial charge in [-0.1, -0.05) is 51.5 Å². The summed E-state index contributed by atoms with van der Waals surface area (Å²) in [5.74, 6) is -1.14. The number of hydrogen-bond acceptors (Lipinski definition) is 6. The van der Waals surface area contributed by atoms with Gasteiger partial charge in [0, 0.05) is 10.0 Å². The average molecular weight is 549 g/mol. The van der Waals surface area contributed by atoms with E-state index in [1.165, 1.54) is 16.2 Å². The number of hydrogen-bond donors (Lipinski definition) is 1. The predicted octanol–water partition coefficient (Wildman–Crippen LogP) is 6.31. The normalized spacial score (nSPS) is 17.4. The second kappa shape index (κ2) is 8.94. The maximum Gasteiger partial charge on any atom is 0.301 e. The van der Waals surface area contributed by atoms with E-state index in [1.54, 1.807) is 43.5 Å². The summed E-state index contributed by atoms with van der Waals surface area (Å²) in [6, 6.07) is 17.4. The summed E-state index contributed by atoms with van der Waals surface area (Å²) in [5.41, 5.74) is 3.81. The van der Waals surface area contributed by atoms with Crippen LogP contribution in [0.25, 0.3) is 16.0 Å². The maximum atomic E-state index is 13.4. The van der Waals surface area contributed by atoms with Gasteiger partial charge >= 0.3 is 5.91 Å². The van der Waals surface area contributed by atoms with Crippen molar-refractivity contribution in [1.29, 1.82) is 0 Å². The van der Waals surface area contributed by atoms with Gasteiger partial charge in [-0.2, -0.15) is 0 Å². The molecule has 35 heavy (non-hydrogen) atoms. The highest BCUT2D eigenvalue weighted by Crippen LogP contribution is 2.45. The highest BCUT2D eigenvalue weighted by molar-refractivity contribution is 9.10. The lowest BCUT2D eigenvalue weighted by Gasteiger charge is -2.23. The number of halogens is 1. The minimum Gasteiger partial charge on any atom is -0.507 e. The van der Waals surface area contributed by atoms with Crippen molar-refractivity contribution in [2.75, 3.05) is 12.0 Å². The highest BCUT2D eigenvalue weighted by Gasteiger charge is 2.48. The number of fused-ring (bicyclic) bond motifs is 1. The quantitative estimate of drug-likeness (QED) is 0.183. The fraction of sp³-hybridized carbons (Fsp3) is 0.148. The fourth-order valence-electron chi connectivity index (χ4n) is 4.23. The third-order valence-corrected chi connectivity index (χ3v) is 7.93. The van der Waals surface area contributed by atoms with Gasteiger partial charge in [0.15, 0.2) is 5.13 Å². The number of aromatic nitrogens is 1. The fourth-order valence-corrected chi connectivity index (χ4v) is 5.56. The van der Waals surface area contributed by atoms with Gasteiger partial charge in [0.25, 0.3) is 5.78 Å². The molecule has 1 N–H and O–H groups in total. The zero-order valence-electron chi connectivity index (χ0n) is 19.2. The number of ether oxygens (including phenoxy) is 1. The van der Waals surface area contributed by atoms with E-state index >= 15 is 0 Å². The van der Waals surface area contributed by atoms with Crippen molar-refractivity contribution in [2.24, 2.45) is 0 Å². The molecule has 0 radical (unpaired) electrons. The van der Waals surface area contributed by atoms with E-state index in [2.05, 4.69) is 20.9 Å². The summed E-state index contributed by atoms with van der Waals surface area (Å²) in [6.07, 6.45) is 0. The largest absolute Gasteiger partial charge is 0.507 e. The third-order valence-electron chi connectivity index (χ3n) is 6.02. The molecule has 0 spiro atoms. The Morgan fingerprint density at radius 3 is 2.63 bits per heavy atom. The summed E-state index contributed by atoms with van der Waals surface area (Å²) >= 11 is 4.80. The number of anilines is 1. The lowest BCUT2D eigenvalue weighted by Crippen LogP contribution is -2.29. The number of carbonyl (C=O) groups excluding carboxylic acids is 2. The summed E-state index contributed by atoms with van der Waals surface area (Å²) in [7, 11) is 1.55. The Hall–Kier alpha value is -3.49. The number of thiazole rings is 1. The lowest BCUT2D eigenvalue weighted by molar-refractivity contribution is -0.132. The van der Waals surface area contributed by atoms with Gasteiger partial charge in [-0.3, -0.25) is 14.5 Å². The first-order valence-electron chi connectivity index (χ1n) is 10.9. The number of aryl methyl sites for hydroxylation is 2. The first kappa shape index (κ1) is 23.3. The minimum atomic E-state index is -0.865. The van der Waals surface area contributed by atoms with E-state index < -0.39 is 17.7 Å². The van der Waals surface area contributed by atoms with E-state index in [0.717, 1.165) is 25.8 Å². The standard InChI is InChI=1S/C27H21BrN2O4S/c1-14-7-10-20-21(11-14)35-27(29-20)30-23(16-5-4-6-18(13-16)34-3)22(25(32)26(30)33)24(31)17-8-9-19(28)15(2)12-17/h4-13,23,31H,1-3H3/b24-22+. The van der Waals surface area contributed by atoms with Crippen molar-refractivity contribution in [3.63, 3.8) is 0 Å². The van der Waals surface area contributed by atoms with Gasteiger partial charge < -0.3 is 9.84 Å². The van der Waals surface area contributed by atoms with Crippen LogP contribution >= 0.6 is 27.3 Å². The van der Waals surface area contributed by atoms with Crippen LogP contribution in [0.5, 0.6) is 5.75 Å². The van der Waals surface area contributed by atoms with Gasteiger partial charge in [-0.05, 0) is 66.9 Å². The van der Waals surface area contributed by atoms with E-state index in [9.17, 15) is 14.7 Å². The van der Waals surface area contributed by atoms with Gasteiger partial charge in [0.05, 0.1) is 28.9 Å². The molecule has 1 aromatic heterocycles. The average Bonchev–Trinajstić information content (AvgIpc) is 3.38. The van der Waals surface area contributed by atoms with Crippen molar-refractivity contribution < 1.29 is 19.4 Å². The zero-order chi connectivity index (χ0) is 24.9. The van der Waals surface area contributed by atoms with Crippen molar-refractivity contribution >= 4 is 60.1 Å². The van der Waals surface area contributed by atoms with Crippen LogP contribution in [0, 0.1) is 13.8 Å². The van der Waals surface area contributed by atoms with Crippen LogP contribution in [-0.4, -0.2) is 28.9 Å². The zero-order valence-corrected chi connectivity index (χ0v) is 21.6. The smallest absolute Gasteiger partial charge is 0.301 e. The molecule has 4 aromatic rings. The van der Waals surface area contributed by atoms with Crippen LogP contribution in [0.1, 0.15) is 28.3 Å². The number of ketones is 1. The third kappa shape index (κ3) is 4.02. The van der Waals surface area contributed by atoms with Gasteiger partial charge in [0.2, 0.25) is 0 Å². The molecule has 3 aromatic carbocycles. The van der Waals surface area contributed by atoms with Crippen LogP contribution in [0.2, 0.25) is 0 Å². The first-order chi connectivity index (χ1) is 16.8. The number of aliphatic hydroxyl groups excluding tert-OH is 1.